The van der Waals surface area contributed by atoms with Gasteiger partial charge < -0.3 is 14.8 Å². The molecule has 0 atom stereocenters. The molecule has 2 aromatic carbocycles. The van der Waals surface area contributed by atoms with E-state index in [0.717, 1.165) is 27.0 Å². The van der Waals surface area contributed by atoms with Crippen LogP contribution in [-0.2, 0) is 14.3 Å². The minimum absolute atomic E-state index is 0.199. The molecule has 1 N–H and O–H groups in total. The zero-order chi connectivity index (χ0) is 18.9. The number of amides is 1. The van der Waals surface area contributed by atoms with Crippen molar-refractivity contribution >= 4 is 33.5 Å². The van der Waals surface area contributed by atoms with Crippen LogP contribution in [-0.4, -0.2) is 25.1 Å². The second-order valence-electron chi connectivity index (χ2n) is 5.94. The molecule has 0 saturated carbocycles. The number of nitrogens with one attached hydrogen (secondary N) is 1. The molecule has 0 aliphatic rings. The molecule has 1 amide bonds. The number of benzene rings is 2. The van der Waals surface area contributed by atoms with Crippen molar-refractivity contribution in [1.82, 2.24) is 0 Å². The molecule has 0 unspecified atom stereocenters. The highest BCUT2D eigenvalue weighted by molar-refractivity contribution is 9.10. The molecule has 26 heavy (non-hydrogen) atoms. The van der Waals surface area contributed by atoms with Gasteiger partial charge in [-0.2, -0.15) is 0 Å². The lowest BCUT2D eigenvalue weighted by Crippen LogP contribution is -2.21. The van der Waals surface area contributed by atoms with Gasteiger partial charge in [-0.25, -0.2) is 0 Å². The van der Waals surface area contributed by atoms with Crippen molar-refractivity contribution < 1.29 is 19.1 Å². The molecule has 0 fully saturated rings. The van der Waals surface area contributed by atoms with Crippen molar-refractivity contribution in [2.75, 3.05) is 18.5 Å². The third-order valence-electron chi connectivity index (χ3n) is 3.61. The molecular weight excluding hydrogens is 398 g/mol. The van der Waals surface area contributed by atoms with Crippen LogP contribution < -0.4 is 10.1 Å². The number of carbonyl (C=O) groups is 2. The number of hydrogen-bond donors (Lipinski definition) is 1. The molecule has 0 radical (unpaired) electrons. The minimum Gasteiger partial charge on any atom is -0.494 e. The van der Waals surface area contributed by atoms with Crippen molar-refractivity contribution in [1.29, 1.82) is 0 Å². The monoisotopic (exact) mass is 419 g/mol. The van der Waals surface area contributed by atoms with Gasteiger partial charge in [-0.3, -0.25) is 9.59 Å². The van der Waals surface area contributed by atoms with Gasteiger partial charge in [-0.1, -0.05) is 39.7 Å². The zero-order valence-corrected chi connectivity index (χ0v) is 16.5. The van der Waals surface area contributed by atoms with Crippen LogP contribution in [0.1, 0.15) is 24.0 Å². The van der Waals surface area contributed by atoms with Crippen molar-refractivity contribution in [3.8, 4) is 5.75 Å². The first-order valence-corrected chi connectivity index (χ1v) is 9.14. The smallest absolute Gasteiger partial charge is 0.306 e. The highest BCUT2D eigenvalue weighted by atomic mass is 79.9. The molecule has 0 aliphatic heterocycles. The highest BCUT2D eigenvalue weighted by Crippen LogP contribution is 2.18. The molecule has 2 aromatic rings. The first kappa shape index (κ1) is 20.0. The maximum absolute atomic E-state index is 11.9. The van der Waals surface area contributed by atoms with Gasteiger partial charge in [0, 0.05) is 16.6 Å². The van der Waals surface area contributed by atoms with Crippen LogP contribution >= 0.6 is 15.9 Å². The summed E-state index contributed by atoms with van der Waals surface area (Å²) < 4.78 is 11.5. The van der Waals surface area contributed by atoms with Gasteiger partial charge in [0.05, 0.1) is 6.61 Å². The number of rotatable bonds is 8. The number of anilines is 1. The molecule has 6 heteroatoms. The van der Waals surface area contributed by atoms with Crippen LogP contribution in [0, 0.1) is 13.8 Å². The number of ether oxygens (including phenoxy) is 2. The molecule has 0 heterocycles. The van der Waals surface area contributed by atoms with Crippen molar-refractivity contribution in [2.24, 2.45) is 0 Å². The Kier molecular flexibility index (Phi) is 7.66. The Balaban J connectivity index is 1.64. The first-order chi connectivity index (χ1) is 12.4. The standard InChI is InChI=1S/C20H22BrNO4/c1-14-8-9-18(15(2)11-14)22-19(23)13-26-20(24)7-4-10-25-17-6-3-5-16(21)12-17/h3,5-6,8-9,11-12H,4,7,10,13H2,1-2H3,(H,22,23). The number of carbonyl (C=O) groups excluding carboxylic acids is 2. The van der Waals surface area contributed by atoms with E-state index < -0.39 is 5.97 Å². The first-order valence-electron chi connectivity index (χ1n) is 8.35. The van der Waals surface area contributed by atoms with E-state index in [9.17, 15) is 9.59 Å². The molecule has 2 rings (SSSR count). The molecule has 0 spiro atoms. The summed E-state index contributed by atoms with van der Waals surface area (Å²) in [6, 6.07) is 13.2. The highest BCUT2D eigenvalue weighted by Gasteiger charge is 2.09. The van der Waals surface area contributed by atoms with Crippen LogP contribution in [0.2, 0.25) is 0 Å². The molecule has 5 nitrogen and oxygen atoms in total. The number of hydrogen-bond acceptors (Lipinski definition) is 4. The van der Waals surface area contributed by atoms with Crippen molar-refractivity contribution in [3.05, 3.63) is 58.1 Å². The summed E-state index contributed by atoms with van der Waals surface area (Å²) in [6.45, 7) is 4.01. The lowest BCUT2D eigenvalue weighted by Gasteiger charge is -2.10. The fourth-order valence-corrected chi connectivity index (χ4v) is 2.70. The predicted molar refractivity (Wildman–Crippen MR) is 104 cm³/mol. The maximum atomic E-state index is 11.9. The SMILES string of the molecule is Cc1ccc(NC(=O)COC(=O)CCCOc2cccc(Br)c2)c(C)c1. The van der Waals surface area contributed by atoms with Gasteiger partial charge in [0.2, 0.25) is 0 Å². The minimum atomic E-state index is -0.418. The lowest BCUT2D eigenvalue weighted by molar-refractivity contribution is -0.147. The molecule has 0 bridgehead atoms. The Morgan fingerprint density at radius 2 is 1.92 bits per heavy atom. The largest absolute Gasteiger partial charge is 0.494 e. The summed E-state index contributed by atoms with van der Waals surface area (Å²) in [5.41, 5.74) is 2.81. The van der Waals surface area contributed by atoms with Crippen molar-refractivity contribution in [3.63, 3.8) is 0 Å². The normalized spacial score (nSPS) is 10.3. The number of halogens is 1. The average molecular weight is 420 g/mol. The fraction of sp³-hybridized carbons (Fsp3) is 0.300. The van der Waals surface area contributed by atoms with Gasteiger partial charge in [0.1, 0.15) is 5.75 Å². The summed E-state index contributed by atoms with van der Waals surface area (Å²) >= 11 is 3.37. The Hall–Kier alpha value is -2.34. The van der Waals surface area contributed by atoms with Crippen LogP contribution in [0.15, 0.2) is 46.9 Å². The van der Waals surface area contributed by atoms with Gasteiger partial charge in [0.25, 0.3) is 5.91 Å². The number of esters is 1. The van der Waals surface area contributed by atoms with Crippen LogP contribution in [0.5, 0.6) is 5.75 Å². The average Bonchev–Trinajstić information content (AvgIpc) is 2.59. The van der Waals surface area contributed by atoms with E-state index in [4.69, 9.17) is 9.47 Å². The Labute approximate surface area is 161 Å². The third-order valence-corrected chi connectivity index (χ3v) is 4.10. The molecule has 138 valence electrons. The van der Waals surface area contributed by atoms with E-state index in [2.05, 4.69) is 21.2 Å². The van der Waals surface area contributed by atoms with Crippen molar-refractivity contribution in [2.45, 2.75) is 26.7 Å². The van der Waals surface area contributed by atoms with E-state index in [1.807, 2.05) is 56.3 Å². The quantitative estimate of drug-likeness (QED) is 0.508. The van der Waals surface area contributed by atoms with Gasteiger partial charge in [-0.05, 0) is 50.1 Å². The Morgan fingerprint density at radius 3 is 2.65 bits per heavy atom. The predicted octanol–water partition coefficient (Wildman–Crippen LogP) is 4.41. The zero-order valence-electron chi connectivity index (χ0n) is 14.9. The maximum Gasteiger partial charge on any atom is 0.306 e. The van der Waals surface area contributed by atoms with Crippen LogP contribution in [0.4, 0.5) is 5.69 Å². The summed E-state index contributed by atoms with van der Waals surface area (Å²) in [7, 11) is 0. The van der Waals surface area contributed by atoms with E-state index in [-0.39, 0.29) is 18.9 Å². The van der Waals surface area contributed by atoms with Gasteiger partial charge in [-0.15, -0.1) is 0 Å². The molecular formula is C20H22BrNO4. The fourth-order valence-electron chi connectivity index (χ4n) is 2.32. The summed E-state index contributed by atoms with van der Waals surface area (Å²) in [5.74, 6) is -0.0325. The molecule has 0 saturated heterocycles. The van der Waals surface area contributed by atoms with E-state index >= 15 is 0 Å². The molecule has 0 aromatic heterocycles. The van der Waals surface area contributed by atoms with Gasteiger partial charge in [0.15, 0.2) is 6.61 Å². The summed E-state index contributed by atoms with van der Waals surface area (Å²) in [4.78, 5) is 23.6. The number of aryl methyl sites for hydroxylation is 2. The van der Waals surface area contributed by atoms with E-state index in [1.165, 1.54) is 0 Å². The van der Waals surface area contributed by atoms with Crippen LogP contribution in [0.25, 0.3) is 0 Å². The summed E-state index contributed by atoms with van der Waals surface area (Å²) in [6.07, 6.45) is 0.717. The second kappa shape index (κ2) is 9.97. The summed E-state index contributed by atoms with van der Waals surface area (Å²) in [5, 5.41) is 2.74. The third kappa shape index (κ3) is 6.88. The topological polar surface area (TPSA) is 64.6 Å². The van der Waals surface area contributed by atoms with E-state index in [0.29, 0.717) is 13.0 Å². The van der Waals surface area contributed by atoms with Gasteiger partial charge >= 0.3 is 5.97 Å². The Morgan fingerprint density at radius 1 is 1.12 bits per heavy atom. The second-order valence-corrected chi connectivity index (χ2v) is 6.85. The lowest BCUT2D eigenvalue weighted by atomic mass is 10.1. The Bertz CT molecular complexity index is 776. The molecule has 0 aliphatic carbocycles. The van der Waals surface area contributed by atoms with Crippen LogP contribution in [0.3, 0.4) is 0 Å². The van der Waals surface area contributed by atoms with E-state index in [1.54, 1.807) is 0 Å².